The molecular weight excluding hydrogens is 164 g/mol. The molecule has 0 aliphatic carbocycles. The lowest BCUT2D eigenvalue weighted by Gasteiger charge is -1.89. The van der Waals surface area contributed by atoms with E-state index in [1.54, 1.807) is 0 Å². The van der Waals surface area contributed by atoms with Crippen LogP contribution >= 0.6 is 11.8 Å². The number of hydrogen-bond donors (Lipinski definition) is 1. The maximum absolute atomic E-state index is 9.96. The number of thiocyanates is 1. The average Bonchev–Trinajstić information content (AvgIpc) is 1.96. The van der Waals surface area contributed by atoms with Gasteiger partial charge in [0.15, 0.2) is 6.61 Å². The molecule has 0 aliphatic rings. The number of carbonyl (C=O) groups is 1. The van der Waals surface area contributed by atoms with Crippen LogP contribution in [0.2, 0.25) is 0 Å². The van der Waals surface area contributed by atoms with Gasteiger partial charge in [0.1, 0.15) is 5.40 Å². The van der Waals surface area contributed by atoms with E-state index < -0.39 is 6.09 Å². The maximum atomic E-state index is 9.96. The van der Waals surface area contributed by atoms with E-state index in [2.05, 4.69) is 22.3 Å². The minimum Gasteiger partial charge on any atom is -0.437 e. The van der Waals surface area contributed by atoms with Gasteiger partial charge in [-0.15, -0.1) is 0 Å². The maximum Gasteiger partial charge on any atom is 0.405 e. The van der Waals surface area contributed by atoms with Gasteiger partial charge in [-0.05, 0) is 11.8 Å². The number of thioether (sulfide) groups is 1. The number of nitriles is 1. The zero-order valence-corrected chi connectivity index (χ0v) is 6.48. The number of carbonyl (C=O) groups excluding carboxylic acids is 1. The molecule has 0 bridgehead atoms. The molecule has 5 heteroatoms. The molecule has 58 valence electrons. The van der Waals surface area contributed by atoms with E-state index in [4.69, 9.17) is 5.26 Å². The van der Waals surface area contributed by atoms with Crippen molar-refractivity contribution in [1.29, 1.82) is 5.26 Å². The van der Waals surface area contributed by atoms with Crippen molar-refractivity contribution in [2.24, 2.45) is 5.73 Å². The number of hydrogen-bond acceptors (Lipinski definition) is 4. The van der Waals surface area contributed by atoms with E-state index >= 15 is 0 Å². The lowest BCUT2D eigenvalue weighted by molar-refractivity contribution is 0.171. The van der Waals surface area contributed by atoms with E-state index in [1.165, 1.54) is 0 Å². The van der Waals surface area contributed by atoms with Gasteiger partial charge in [-0.2, -0.15) is 5.26 Å². The number of rotatable bonds is 2. The Morgan fingerprint density at radius 2 is 2.36 bits per heavy atom. The Morgan fingerprint density at radius 3 is 2.91 bits per heavy atom. The zero-order chi connectivity index (χ0) is 8.53. The first-order chi connectivity index (χ1) is 5.27. The second-order valence-electron chi connectivity index (χ2n) is 1.34. The van der Waals surface area contributed by atoms with Crippen molar-refractivity contribution in [1.82, 2.24) is 0 Å². The lowest BCUT2D eigenvalue weighted by Crippen LogP contribution is -2.12. The van der Waals surface area contributed by atoms with E-state index in [9.17, 15) is 4.79 Å². The smallest absolute Gasteiger partial charge is 0.405 e. The summed E-state index contributed by atoms with van der Waals surface area (Å²) in [5.41, 5.74) is 4.65. The van der Waals surface area contributed by atoms with Gasteiger partial charge in [0.05, 0.1) is 5.75 Å². The fraction of sp³-hybridized carbons (Fsp3) is 0.333. The third kappa shape index (κ3) is 8.67. The molecule has 0 saturated heterocycles. The number of amides is 1. The van der Waals surface area contributed by atoms with Crippen LogP contribution in [0.15, 0.2) is 0 Å². The van der Waals surface area contributed by atoms with E-state index in [1.807, 2.05) is 5.40 Å². The zero-order valence-electron chi connectivity index (χ0n) is 5.66. The topological polar surface area (TPSA) is 76.1 Å². The molecule has 0 unspecified atom stereocenters. The summed E-state index contributed by atoms with van der Waals surface area (Å²) in [4.78, 5) is 9.96. The molecule has 0 rings (SSSR count). The summed E-state index contributed by atoms with van der Waals surface area (Å²) in [6, 6.07) is 0. The van der Waals surface area contributed by atoms with Gasteiger partial charge in [-0.3, -0.25) is 0 Å². The van der Waals surface area contributed by atoms with Crippen LogP contribution in [0.1, 0.15) is 0 Å². The summed E-state index contributed by atoms with van der Waals surface area (Å²) in [6.45, 7) is -0.0126. The minimum atomic E-state index is -0.841. The van der Waals surface area contributed by atoms with Gasteiger partial charge in [0.2, 0.25) is 0 Å². The van der Waals surface area contributed by atoms with Gasteiger partial charge in [-0.1, -0.05) is 11.8 Å². The second kappa shape index (κ2) is 6.79. The van der Waals surface area contributed by atoms with E-state index in [0.29, 0.717) is 5.75 Å². The Bertz CT molecular complexity index is 223. The van der Waals surface area contributed by atoms with Crippen LogP contribution in [-0.4, -0.2) is 18.5 Å². The molecule has 0 atom stereocenters. The Labute approximate surface area is 68.7 Å². The standard InChI is InChI=1S/C6H6N2O2S/c7-5-11-4-2-1-3-10-6(8)9/h3-4H2,(H2,8,9). The van der Waals surface area contributed by atoms with Crippen LogP contribution in [0.4, 0.5) is 4.79 Å². The van der Waals surface area contributed by atoms with Crippen LogP contribution in [-0.2, 0) is 4.74 Å². The second-order valence-corrected chi connectivity index (χ2v) is 2.10. The fourth-order valence-corrected chi connectivity index (χ4v) is 0.516. The summed E-state index contributed by atoms with van der Waals surface area (Å²) >= 11 is 1.03. The van der Waals surface area contributed by atoms with Crippen molar-refractivity contribution in [3.8, 4) is 17.2 Å². The summed E-state index contributed by atoms with van der Waals surface area (Å²) in [5, 5.41) is 9.90. The lowest BCUT2D eigenvalue weighted by atomic mass is 10.6. The molecule has 4 nitrogen and oxygen atoms in total. The first-order valence-corrected chi connectivity index (χ1v) is 3.64. The Morgan fingerprint density at radius 1 is 1.64 bits per heavy atom. The van der Waals surface area contributed by atoms with E-state index in [0.717, 1.165) is 11.8 Å². The molecule has 0 spiro atoms. The molecular formula is C6H6N2O2S. The number of primary amides is 1. The highest BCUT2D eigenvalue weighted by Crippen LogP contribution is 1.91. The quantitative estimate of drug-likeness (QED) is 0.367. The van der Waals surface area contributed by atoms with Crippen molar-refractivity contribution in [2.45, 2.75) is 0 Å². The summed E-state index contributed by atoms with van der Waals surface area (Å²) < 4.78 is 4.30. The highest BCUT2D eigenvalue weighted by molar-refractivity contribution is 8.03. The third-order valence-corrected chi connectivity index (χ3v) is 1.04. The van der Waals surface area contributed by atoms with Crippen LogP contribution in [0.5, 0.6) is 0 Å². The van der Waals surface area contributed by atoms with Gasteiger partial charge < -0.3 is 10.5 Å². The molecule has 2 N–H and O–H groups in total. The van der Waals surface area contributed by atoms with Crippen molar-refractivity contribution in [3.05, 3.63) is 0 Å². The largest absolute Gasteiger partial charge is 0.437 e. The molecule has 0 aromatic heterocycles. The van der Waals surface area contributed by atoms with Crippen LogP contribution in [0.25, 0.3) is 0 Å². The molecule has 1 amide bonds. The van der Waals surface area contributed by atoms with Gasteiger partial charge in [0, 0.05) is 0 Å². The monoisotopic (exact) mass is 170 g/mol. The Balaban J connectivity index is 3.28. The Hall–Kier alpha value is -1.33. The van der Waals surface area contributed by atoms with Crippen molar-refractivity contribution < 1.29 is 9.53 Å². The van der Waals surface area contributed by atoms with Crippen molar-refractivity contribution in [2.75, 3.05) is 12.4 Å². The third-order valence-electron chi connectivity index (χ3n) is 0.620. The number of nitrogens with two attached hydrogens (primary N) is 1. The van der Waals surface area contributed by atoms with Crippen molar-refractivity contribution >= 4 is 17.9 Å². The molecule has 0 radical (unpaired) electrons. The highest BCUT2D eigenvalue weighted by Gasteiger charge is 1.86. The van der Waals surface area contributed by atoms with Crippen molar-refractivity contribution in [3.63, 3.8) is 0 Å². The van der Waals surface area contributed by atoms with Crippen LogP contribution < -0.4 is 5.73 Å². The fourth-order valence-electron chi connectivity index (χ4n) is 0.278. The summed E-state index contributed by atoms with van der Waals surface area (Å²) in [5.74, 6) is 5.52. The molecule has 0 fully saturated rings. The molecule has 0 aliphatic heterocycles. The van der Waals surface area contributed by atoms with Gasteiger partial charge in [-0.25, -0.2) is 4.79 Å². The molecule has 0 aromatic carbocycles. The highest BCUT2D eigenvalue weighted by atomic mass is 32.2. The first kappa shape index (κ1) is 9.67. The Kier molecular flexibility index (Phi) is 5.96. The summed E-state index contributed by atoms with van der Waals surface area (Å²) in [6.07, 6.45) is -0.841. The van der Waals surface area contributed by atoms with Crippen LogP contribution in [0.3, 0.4) is 0 Å². The predicted octanol–water partition coefficient (Wildman–Crippen LogP) is 0.299. The van der Waals surface area contributed by atoms with Gasteiger partial charge in [0.25, 0.3) is 0 Å². The minimum absolute atomic E-state index is 0.0126. The number of nitrogens with zero attached hydrogens (tertiary/aromatic N) is 1. The van der Waals surface area contributed by atoms with Gasteiger partial charge >= 0.3 is 6.09 Å². The molecule has 0 saturated carbocycles. The van der Waals surface area contributed by atoms with Crippen LogP contribution in [0, 0.1) is 22.5 Å². The molecule has 0 heterocycles. The summed E-state index contributed by atoms with van der Waals surface area (Å²) in [7, 11) is 0. The average molecular weight is 170 g/mol. The van der Waals surface area contributed by atoms with E-state index in [-0.39, 0.29) is 6.61 Å². The normalized spacial score (nSPS) is 7.18. The predicted molar refractivity (Wildman–Crippen MR) is 41.4 cm³/mol. The SMILES string of the molecule is N#CSCC#CCOC(N)=O. The molecule has 0 aromatic rings. The molecule has 11 heavy (non-hydrogen) atoms. The first-order valence-electron chi connectivity index (χ1n) is 2.66. The number of ether oxygens (including phenoxy) is 1.